The molecule has 0 unspecified atom stereocenters. The minimum absolute atomic E-state index is 0.0118. The number of aliphatic hydroxyl groups excluding tert-OH is 2. The lowest BCUT2D eigenvalue weighted by Gasteiger charge is -2.62. The molecule has 9 atom stereocenters. The fourth-order valence-electron chi connectivity index (χ4n) is 10.6. The third-order valence-corrected chi connectivity index (χ3v) is 13.8. The number of para-hydroxylation sites is 1. The van der Waals surface area contributed by atoms with Crippen LogP contribution >= 0.6 is 0 Å². The van der Waals surface area contributed by atoms with E-state index in [1.165, 1.54) is 32.7 Å². The number of nitrogens with one attached hydrogen (secondary N) is 2. The highest BCUT2D eigenvalue weighted by Crippen LogP contribution is 2.61. The predicted molar refractivity (Wildman–Crippen MR) is 211 cm³/mol. The third-order valence-electron chi connectivity index (χ3n) is 13.8. The fraction of sp³-hybridized carbons (Fsp3) is 0.698. The van der Waals surface area contributed by atoms with E-state index in [-0.39, 0.29) is 30.5 Å². The minimum atomic E-state index is -0.685. The van der Waals surface area contributed by atoms with E-state index in [2.05, 4.69) is 36.3 Å². The number of benzene rings is 2. The van der Waals surface area contributed by atoms with Crippen LogP contribution in [0.4, 0.5) is 5.69 Å². The summed E-state index contributed by atoms with van der Waals surface area (Å²) in [6, 6.07) is 11.4. The highest BCUT2D eigenvalue weighted by atomic mass is 16.7. The number of likely N-dealkylation sites (N-methyl/N-ethyl adjacent to an activating group) is 1. The second kappa shape index (κ2) is 17.1. The molecular formula is C43H66N5O6+. The summed E-state index contributed by atoms with van der Waals surface area (Å²) in [4.78, 5) is 35.3. The van der Waals surface area contributed by atoms with Gasteiger partial charge in [0.25, 0.3) is 11.6 Å². The van der Waals surface area contributed by atoms with E-state index in [1.54, 1.807) is 26.2 Å². The molecule has 5 aliphatic rings. The molecule has 5 fully saturated rings. The van der Waals surface area contributed by atoms with Crippen LogP contribution in [0.5, 0.6) is 5.75 Å². The number of amides is 1. The Bertz CT molecular complexity index is 1630. The molecule has 54 heavy (non-hydrogen) atoms. The van der Waals surface area contributed by atoms with E-state index < -0.39 is 12.2 Å². The number of hydrogen-bond acceptors (Lipinski definition) is 9. The normalized spacial score (nSPS) is 29.4. The number of ether oxygens (including phenoxy) is 1. The smallest absolute Gasteiger partial charge is 0.257 e. The molecule has 1 aliphatic heterocycles. The van der Waals surface area contributed by atoms with Crippen molar-refractivity contribution in [2.75, 3.05) is 47.9 Å². The Kier molecular flexibility index (Phi) is 12.9. The molecule has 1 amide bonds. The van der Waals surface area contributed by atoms with Crippen molar-refractivity contribution in [1.82, 2.24) is 20.6 Å². The second-order valence-electron chi connectivity index (χ2n) is 17.8. The molecule has 11 nitrogen and oxygen atoms in total. The summed E-state index contributed by atoms with van der Waals surface area (Å²) in [5, 5.41) is 30.5. The minimum Gasteiger partial charge on any atom is -0.496 e. The average Bonchev–Trinajstić information content (AvgIpc) is 3.50. The van der Waals surface area contributed by atoms with Crippen molar-refractivity contribution >= 4 is 11.6 Å². The topological polar surface area (TPSA) is 127 Å². The monoisotopic (exact) mass is 749 g/mol. The van der Waals surface area contributed by atoms with E-state index >= 15 is 0 Å². The summed E-state index contributed by atoms with van der Waals surface area (Å²) in [6.07, 6.45) is 7.03. The molecular weight excluding hydrogens is 683 g/mol. The lowest BCUT2D eigenvalue weighted by atomic mass is 9.45. The van der Waals surface area contributed by atoms with Crippen LogP contribution in [-0.4, -0.2) is 109 Å². The Morgan fingerprint density at radius 2 is 1.89 bits per heavy atom. The highest BCUT2D eigenvalue weighted by Gasteiger charge is 2.56. The van der Waals surface area contributed by atoms with E-state index in [4.69, 9.17) is 9.57 Å². The quantitative estimate of drug-likeness (QED) is 0.168. The van der Waals surface area contributed by atoms with Gasteiger partial charge >= 0.3 is 0 Å². The standard InChI is InChI=1S/C43H65N5O6/c1-26-35-20-32(43(35,3)4)21-36(26)44-22-38-40(27(2)50)39(25-49)54-48(38)23-29-15-12-16-34(41(29)53-8)30-17-31(19-33(18-30)47(7)52)42(51)45-37(24-46(5)6)28-13-10-9-11-14-28/h12,15-19,26-28,32,35-40,44,49-50H,9-11,13-14,20-25H2,1-8H3/p+1/t26-,27-,32+,35-,36-,37+,38+,39-,40-/m0/s1. The van der Waals surface area contributed by atoms with Gasteiger partial charge in [-0.2, -0.15) is 5.06 Å². The summed E-state index contributed by atoms with van der Waals surface area (Å²) in [6.45, 7) is 10.5. The molecule has 1 heterocycles. The summed E-state index contributed by atoms with van der Waals surface area (Å²) >= 11 is 0. The van der Waals surface area contributed by atoms with Gasteiger partial charge in [0, 0.05) is 69.6 Å². The van der Waals surface area contributed by atoms with Gasteiger partial charge < -0.3 is 30.5 Å². The number of fused-ring (bicyclic) bond motifs is 2. The number of hydrogen-bond donors (Lipinski definition) is 4. The molecule has 2 bridgehead atoms. The first kappa shape index (κ1) is 40.7. The second-order valence-corrected chi connectivity index (χ2v) is 17.8. The van der Waals surface area contributed by atoms with Crippen LogP contribution < -0.4 is 15.4 Å². The van der Waals surface area contributed by atoms with Crippen LogP contribution in [0.1, 0.15) is 88.6 Å². The molecule has 0 spiro atoms. The molecule has 7 rings (SSSR count). The number of hydroxylamine groups is 2. The molecule has 298 valence electrons. The highest BCUT2D eigenvalue weighted by molar-refractivity contribution is 5.97. The number of carbonyl (C=O) groups is 1. The lowest BCUT2D eigenvalue weighted by molar-refractivity contribution is -0.428. The van der Waals surface area contributed by atoms with Crippen LogP contribution in [0.3, 0.4) is 0 Å². The summed E-state index contributed by atoms with van der Waals surface area (Å²) in [5.41, 5.74) is 3.50. The molecule has 4 aliphatic carbocycles. The molecule has 4 saturated carbocycles. The average molecular weight is 749 g/mol. The molecule has 2 aromatic rings. The van der Waals surface area contributed by atoms with E-state index in [0.717, 1.165) is 47.6 Å². The Morgan fingerprint density at radius 1 is 1.15 bits per heavy atom. The SMILES string of the molecule is COc1c(CN2O[C@@H](CO)[C@@H]([C@H](C)O)[C@H]2CN[C@H]2C[C@H]3C[C@@H]([C@@H]2C)C3(C)C)cccc1-c1cc(C(=O)N[C@H](CN(C)C)C2CCCCC2)cc([N+](C)=O)c1. The maximum absolute atomic E-state index is 14.0. The van der Waals surface area contributed by atoms with Gasteiger partial charge in [-0.25, -0.2) is 0 Å². The first-order valence-electron chi connectivity index (χ1n) is 20.4. The van der Waals surface area contributed by atoms with Crippen molar-refractivity contribution in [2.45, 2.75) is 110 Å². The maximum atomic E-state index is 14.0. The molecule has 2 aromatic carbocycles. The molecule has 11 heteroatoms. The Morgan fingerprint density at radius 3 is 2.50 bits per heavy atom. The Balaban J connectivity index is 1.26. The maximum Gasteiger partial charge on any atom is 0.257 e. The van der Waals surface area contributed by atoms with Crippen LogP contribution in [0.25, 0.3) is 11.1 Å². The molecule has 4 N–H and O–H groups in total. The third kappa shape index (κ3) is 8.42. The van der Waals surface area contributed by atoms with Crippen LogP contribution in [0.15, 0.2) is 36.4 Å². The predicted octanol–water partition coefficient (Wildman–Crippen LogP) is 5.78. The molecule has 0 radical (unpaired) electrons. The van der Waals surface area contributed by atoms with Gasteiger partial charge in [-0.15, -0.1) is 0 Å². The fourth-order valence-corrected chi connectivity index (χ4v) is 10.6. The van der Waals surface area contributed by atoms with Crippen molar-refractivity contribution in [3.05, 3.63) is 52.4 Å². The van der Waals surface area contributed by atoms with Crippen molar-refractivity contribution in [2.24, 2.45) is 35.0 Å². The van der Waals surface area contributed by atoms with Gasteiger partial charge in [0.2, 0.25) is 0 Å². The number of nitroso groups, excluding NO2 is 1. The first-order valence-corrected chi connectivity index (χ1v) is 20.4. The summed E-state index contributed by atoms with van der Waals surface area (Å²) in [7, 11) is 7.14. The zero-order valence-electron chi connectivity index (χ0n) is 33.9. The van der Waals surface area contributed by atoms with Gasteiger partial charge in [0.1, 0.15) is 11.9 Å². The molecule has 0 aromatic heterocycles. The van der Waals surface area contributed by atoms with Crippen molar-refractivity contribution in [3.8, 4) is 16.9 Å². The van der Waals surface area contributed by atoms with Crippen LogP contribution in [0, 0.1) is 39.9 Å². The van der Waals surface area contributed by atoms with E-state index in [9.17, 15) is 19.9 Å². The zero-order valence-corrected chi connectivity index (χ0v) is 33.9. The summed E-state index contributed by atoms with van der Waals surface area (Å²) in [5.74, 6) is 2.52. The first-order chi connectivity index (χ1) is 25.7. The lowest BCUT2D eigenvalue weighted by Crippen LogP contribution is -2.61. The van der Waals surface area contributed by atoms with E-state index in [1.807, 2.05) is 43.4 Å². The number of rotatable bonds is 15. The van der Waals surface area contributed by atoms with Gasteiger partial charge in [-0.1, -0.05) is 58.2 Å². The van der Waals surface area contributed by atoms with E-state index in [0.29, 0.717) is 64.9 Å². The largest absolute Gasteiger partial charge is 0.496 e. The van der Waals surface area contributed by atoms with Crippen LogP contribution in [0.2, 0.25) is 0 Å². The molecule has 1 saturated heterocycles. The Labute approximate surface area is 322 Å². The number of aliphatic hydroxyl groups is 2. The van der Waals surface area contributed by atoms with Gasteiger partial charge in [0.15, 0.2) is 7.05 Å². The number of methoxy groups -OCH3 is 1. The summed E-state index contributed by atoms with van der Waals surface area (Å²) < 4.78 is 6.89. The number of nitrogens with zero attached hydrogens (tertiary/aromatic N) is 3. The number of carbonyl (C=O) groups excluding carboxylic acids is 1. The van der Waals surface area contributed by atoms with Gasteiger partial charge in [-0.05, 0) is 87.4 Å². The van der Waals surface area contributed by atoms with Crippen molar-refractivity contribution < 1.29 is 29.3 Å². The van der Waals surface area contributed by atoms with Gasteiger partial charge in [0.05, 0.1) is 32.4 Å². The van der Waals surface area contributed by atoms with Crippen molar-refractivity contribution in [1.29, 1.82) is 0 Å². The zero-order chi connectivity index (χ0) is 38.9. The van der Waals surface area contributed by atoms with Crippen molar-refractivity contribution in [3.63, 3.8) is 0 Å². The van der Waals surface area contributed by atoms with Gasteiger partial charge in [-0.3, -0.25) is 9.63 Å². The van der Waals surface area contributed by atoms with Crippen LogP contribution in [-0.2, 0) is 11.4 Å². The Hall–Kier alpha value is -2.93.